The number of carbonyl (C=O) groups excluding carboxylic acids is 1. The number of benzene rings is 2. The molecule has 0 saturated carbocycles. The van der Waals surface area contributed by atoms with E-state index < -0.39 is 0 Å². The van der Waals surface area contributed by atoms with Crippen molar-refractivity contribution < 1.29 is 4.79 Å². The van der Waals surface area contributed by atoms with Crippen LogP contribution in [0, 0.1) is 0 Å². The number of nitrogens with one attached hydrogen (secondary N) is 2. The van der Waals surface area contributed by atoms with E-state index in [0.717, 1.165) is 55.0 Å². The van der Waals surface area contributed by atoms with Crippen molar-refractivity contribution in [2.75, 3.05) is 31.5 Å². The van der Waals surface area contributed by atoms with Crippen molar-refractivity contribution in [1.29, 1.82) is 0 Å². The summed E-state index contributed by atoms with van der Waals surface area (Å²) in [4.78, 5) is 15.0. The lowest BCUT2D eigenvalue weighted by atomic mass is 9.94. The summed E-state index contributed by atoms with van der Waals surface area (Å²) in [6.45, 7) is 8.73. The number of anilines is 1. The molecule has 3 rings (SSSR count). The van der Waals surface area contributed by atoms with Gasteiger partial charge in [0.25, 0.3) is 5.91 Å². The van der Waals surface area contributed by atoms with Crippen LogP contribution < -0.4 is 10.6 Å². The van der Waals surface area contributed by atoms with E-state index in [4.69, 9.17) is 0 Å². The smallest absolute Gasteiger partial charge is 0.256 e. The molecule has 0 spiro atoms. The van der Waals surface area contributed by atoms with E-state index in [2.05, 4.69) is 41.5 Å². The summed E-state index contributed by atoms with van der Waals surface area (Å²) in [5, 5.41) is 6.75. The molecule has 0 fully saturated rings. The number of hydrogen-bond acceptors (Lipinski definition) is 3. The first-order chi connectivity index (χ1) is 12.7. The highest BCUT2D eigenvalue weighted by Gasteiger charge is 2.26. The van der Waals surface area contributed by atoms with E-state index in [1.807, 2.05) is 36.4 Å². The van der Waals surface area contributed by atoms with Crippen LogP contribution in [0.5, 0.6) is 0 Å². The Morgan fingerprint density at radius 2 is 1.65 bits per heavy atom. The monoisotopic (exact) mass is 351 g/mol. The quantitative estimate of drug-likeness (QED) is 0.705. The van der Waals surface area contributed by atoms with Crippen LogP contribution in [0.15, 0.2) is 48.5 Å². The maximum absolute atomic E-state index is 12.6. The van der Waals surface area contributed by atoms with Crippen LogP contribution in [0.3, 0.4) is 0 Å². The van der Waals surface area contributed by atoms with Gasteiger partial charge in [0.05, 0.1) is 6.04 Å². The van der Waals surface area contributed by atoms with Crippen molar-refractivity contribution in [3.05, 3.63) is 65.2 Å². The van der Waals surface area contributed by atoms with Crippen LogP contribution >= 0.6 is 0 Å². The molecule has 26 heavy (non-hydrogen) atoms. The Balaban J connectivity index is 1.73. The third-order valence-electron chi connectivity index (χ3n) is 5.18. The normalized spacial score (nSPS) is 16.0. The van der Waals surface area contributed by atoms with Gasteiger partial charge in [0.1, 0.15) is 0 Å². The van der Waals surface area contributed by atoms with Crippen molar-refractivity contribution in [3.63, 3.8) is 0 Å². The van der Waals surface area contributed by atoms with Crippen molar-refractivity contribution in [1.82, 2.24) is 10.2 Å². The molecule has 1 unspecified atom stereocenters. The molecular weight excluding hydrogens is 322 g/mol. The molecule has 0 bridgehead atoms. The molecule has 4 heteroatoms. The van der Waals surface area contributed by atoms with Gasteiger partial charge in [-0.3, -0.25) is 4.79 Å². The second-order valence-electron chi connectivity index (χ2n) is 6.75. The van der Waals surface area contributed by atoms with Crippen LogP contribution in [-0.2, 0) is 0 Å². The summed E-state index contributed by atoms with van der Waals surface area (Å²) in [5.41, 5.74) is 3.84. The van der Waals surface area contributed by atoms with Gasteiger partial charge in [0.15, 0.2) is 0 Å². The third-order valence-corrected chi connectivity index (χ3v) is 5.18. The molecule has 1 heterocycles. The molecule has 0 aliphatic carbocycles. The van der Waals surface area contributed by atoms with Crippen LogP contribution in [0.1, 0.15) is 54.2 Å². The minimum absolute atomic E-state index is 0.0288. The number of hydrogen-bond donors (Lipinski definition) is 2. The topological polar surface area (TPSA) is 44.4 Å². The zero-order chi connectivity index (χ0) is 18.4. The first-order valence-electron chi connectivity index (χ1n) is 9.69. The summed E-state index contributed by atoms with van der Waals surface area (Å²) in [6.07, 6.45) is 2.31. The van der Waals surface area contributed by atoms with Gasteiger partial charge < -0.3 is 15.5 Å². The fourth-order valence-corrected chi connectivity index (χ4v) is 3.64. The van der Waals surface area contributed by atoms with E-state index in [1.54, 1.807) is 0 Å². The first kappa shape index (κ1) is 18.6. The second kappa shape index (κ2) is 8.97. The molecule has 1 amide bonds. The van der Waals surface area contributed by atoms with Crippen molar-refractivity contribution in [2.24, 2.45) is 0 Å². The van der Waals surface area contributed by atoms with E-state index in [9.17, 15) is 4.79 Å². The second-order valence-corrected chi connectivity index (χ2v) is 6.75. The molecule has 1 aliphatic heterocycles. The van der Waals surface area contributed by atoms with Gasteiger partial charge in [0, 0.05) is 11.3 Å². The zero-order valence-electron chi connectivity index (χ0n) is 15.8. The third kappa shape index (κ3) is 4.14. The lowest BCUT2D eigenvalue weighted by Crippen LogP contribution is -2.27. The molecule has 2 aromatic carbocycles. The molecule has 138 valence electrons. The van der Waals surface area contributed by atoms with Crippen LogP contribution in [0.2, 0.25) is 0 Å². The average Bonchev–Trinajstić information content (AvgIpc) is 2.79. The van der Waals surface area contributed by atoms with Crippen molar-refractivity contribution in [3.8, 4) is 0 Å². The number of nitrogens with zero attached hydrogens (tertiary/aromatic N) is 1. The van der Waals surface area contributed by atoms with Crippen LogP contribution in [0.4, 0.5) is 5.69 Å². The summed E-state index contributed by atoms with van der Waals surface area (Å²) in [6, 6.07) is 16.0. The fourth-order valence-electron chi connectivity index (χ4n) is 3.64. The molecular formula is C22H29N3O. The minimum Gasteiger partial charge on any atom is -0.322 e. The lowest BCUT2D eigenvalue weighted by molar-refractivity contribution is 0.102. The van der Waals surface area contributed by atoms with E-state index in [1.165, 1.54) is 6.42 Å². The summed E-state index contributed by atoms with van der Waals surface area (Å²) < 4.78 is 0. The summed E-state index contributed by atoms with van der Waals surface area (Å²) in [5.74, 6) is -0.0288. The van der Waals surface area contributed by atoms with Gasteiger partial charge in [0.2, 0.25) is 0 Å². The Bertz CT molecular complexity index is 740. The van der Waals surface area contributed by atoms with E-state index in [0.29, 0.717) is 0 Å². The molecule has 0 saturated heterocycles. The maximum Gasteiger partial charge on any atom is 0.256 e. The number of amides is 1. The largest absolute Gasteiger partial charge is 0.322 e. The Hall–Kier alpha value is -2.17. The molecule has 2 N–H and O–H groups in total. The summed E-state index contributed by atoms with van der Waals surface area (Å²) >= 11 is 0. The highest BCUT2D eigenvalue weighted by Crippen LogP contribution is 2.33. The number of para-hydroxylation sites is 1. The molecule has 0 radical (unpaired) electrons. The maximum atomic E-state index is 12.6. The van der Waals surface area contributed by atoms with Gasteiger partial charge in [-0.1, -0.05) is 50.2 Å². The van der Waals surface area contributed by atoms with Gasteiger partial charge in [-0.2, -0.15) is 0 Å². The van der Waals surface area contributed by atoms with E-state index >= 15 is 0 Å². The fraction of sp³-hybridized carbons (Fsp3) is 0.409. The molecule has 4 nitrogen and oxygen atoms in total. The highest BCUT2D eigenvalue weighted by molar-refractivity contribution is 6.07. The standard InChI is InChI=1S/C22H29N3O/c1-3-25(4-2)16-10-9-15-23-21-17-11-5-6-12-18(17)22(26)24-20-14-8-7-13-19(20)21/h5-8,11-14,21,23H,3-4,9-10,15-16H2,1-2H3,(H,24,26). The van der Waals surface area contributed by atoms with Gasteiger partial charge in [-0.25, -0.2) is 0 Å². The van der Waals surface area contributed by atoms with Crippen molar-refractivity contribution in [2.45, 2.75) is 32.7 Å². The Kier molecular flexibility index (Phi) is 6.42. The SMILES string of the molecule is CCN(CC)CCCCNC1c2ccccc2NC(=O)c2ccccc21. The number of rotatable bonds is 8. The van der Waals surface area contributed by atoms with Gasteiger partial charge >= 0.3 is 0 Å². The number of carbonyl (C=O) groups is 1. The molecule has 2 aromatic rings. The zero-order valence-corrected chi connectivity index (χ0v) is 15.8. The van der Waals surface area contributed by atoms with E-state index in [-0.39, 0.29) is 11.9 Å². The number of fused-ring (bicyclic) bond motifs is 2. The summed E-state index contributed by atoms with van der Waals surface area (Å²) in [7, 11) is 0. The van der Waals surface area contributed by atoms with Crippen LogP contribution in [0.25, 0.3) is 0 Å². The first-order valence-corrected chi connectivity index (χ1v) is 9.69. The Labute approximate surface area is 156 Å². The highest BCUT2D eigenvalue weighted by atomic mass is 16.1. The average molecular weight is 351 g/mol. The Morgan fingerprint density at radius 3 is 2.42 bits per heavy atom. The minimum atomic E-state index is -0.0288. The Morgan fingerprint density at radius 1 is 0.962 bits per heavy atom. The van der Waals surface area contributed by atoms with Crippen molar-refractivity contribution >= 4 is 11.6 Å². The number of unbranched alkanes of at least 4 members (excludes halogenated alkanes) is 1. The molecule has 0 aromatic heterocycles. The molecule has 1 aliphatic rings. The van der Waals surface area contributed by atoms with Gasteiger partial charge in [-0.05, 0) is 62.3 Å². The predicted molar refractivity (Wildman–Crippen MR) is 108 cm³/mol. The van der Waals surface area contributed by atoms with Crippen LogP contribution in [-0.4, -0.2) is 37.0 Å². The predicted octanol–water partition coefficient (Wildman–Crippen LogP) is 4.05. The lowest BCUT2D eigenvalue weighted by Gasteiger charge is -2.22. The molecule has 1 atom stereocenters. The van der Waals surface area contributed by atoms with Gasteiger partial charge in [-0.15, -0.1) is 0 Å².